The smallest absolute Gasteiger partial charge is 0.337 e. The van der Waals surface area contributed by atoms with E-state index in [-0.39, 0.29) is 12.4 Å². The monoisotopic (exact) mass is 259 g/mol. The average molecular weight is 260 g/mol. The van der Waals surface area contributed by atoms with E-state index in [1.807, 2.05) is 0 Å². The Bertz CT molecular complexity index is 391. The Morgan fingerprint density at radius 1 is 1.12 bits per heavy atom. The maximum Gasteiger partial charge on any atom is 0.337 e. The predicted molar refractivity (Wildman–Crippen MR) is 64.0 cm³/mol. The number of benzene rings is 1. The van der Waals surface area contributed by atoms with Crippen molar-refractivity contribution in [1.29, 1.82) is 0 Å². The third-order valence-electron chi connectivity index (χ3n) is 2.15. The number of carbonyl (C=O) groups excluding carboxylic acids is 2. The summed E-state index contributed by atoms with van der Waals surface area (Å²) in [7, 11) is 2.57. The Morgan fingerprint density at radius 3 is 2.06 bits per heavy atom. The first-order valence-corrected chi connectivity index (χ1v) is 4.62. The van der Waals surface area contributed by atoms with Gasteiger partial charge in [0.1, 0.15) is 6.04 Å². The first-order valence-electron chi connectivity index (χ1n) is 4.62. The van der Waals surface area contributed by atoms with Crippen LogP contribution in [0.3, 0.4) is 0 Å². The van der Waals surface area contributed by atoms with Gasteiger partial charge in [0.15, 0.2) is 0 Å². The molecule has 1 rings (SSSR count). The molecule has 0 spiro atoms. The molecule has 94 valence electrons. The molecule has 0 aliphatic carbocycles. The number of halogens is 1. The van der Waals surface area contributed by atoms with Crippen molar-refractivity contribution >= 4 is 24.3 Å². The van der Waals surface area contributed by atoms with Gasteiger partial charge < -0.3 is 15.2 Å². The van der Waals surface area contributed by atoms with E-state index in [1.165, 1.54) is 14.2 Å². The summed E-state index contributed by atoms with van der Waals surface area (Å²) in [5, 5.41) is 0. The van der Waals surface area contributed by atoms with Gasteiger partial charge in [0, 0.05) is 0 Å². The lowest BCUT2D eigenvalue weighted by Gasteiger charge is -2.09. The highest BCUT2D eigenvalue weighted by Gasteiger charge is 2.16. The van der Waals surface area contributed by atoms with E-state index in [0.717, 1.165) is 0 Å². The average Bonchev–Trinajstić information content (AvgIpc) is 2.36. The van der Waals surface area contributed by atoms with Crippen molar-refractivity contribution in [2.45, 2.75) is 6.04 Å². The second kappa shape index (κ2) is 6.88. The van der Waals surface area contributed by atoms with Crippen molar-refractivity contribution in [1.82, 2.24) is 0 Å². The minimum atomic E-state index is -0.836. The Morgan fingerprint density at radius 2 is 1.65 bits per heavy atom. The van der Waals surface area contributed by atoms with Gasteiger partial charge in [-0.05, 0) is 17.7 Å². The normalized spacial score (nSPS) is 11.0. The largest absolute Gasteiger partial charge is 0.468 e. The number of rotatable bonds is 3. The molecule has 6 heteroatoms. The van der Waals surface area contributed by atoms with Gasteiger partial charge in [-0.1, -0.05) is 12.1 Å². The standard InChI is InChI=1S/C11H13NO4.ClH/c1-15-10(13)8-5-3-7(4-6-8)9(12)11(14)16-2;/h3-6,9H,12H2,1-2H3;1H/t9-;/m1./s1. The molecule has 1 atom stereocenters. The molecule has 0 amide bonds. The minimum Gasteiger partial charge on any atom is -0.468 e. The highest BCUT2D eigenvalue weighted by molar-refractivity contribution is 5.89. The molecule has 0 fully saturated rings. The zero-order valence-electron chi connectivity index (χ0n) is 9.51. The summed E-state index contributed by atoms with van der Waals surface area (Å²) in [6, 6.07) is 5.44. The topological polar surface area (TPSA) is 78.6 Å². The van der Waals surface area contributed by atoms with E-state index in [1.54, 1.807) is 24.3 Å². The van der Waals surface area contributed by atoms with Gasteiger partial charge in [0.05, 0.1) is 19.8 Å². The summed E-state index contributed by atoms with van der Waals surface area (Å²) in [6.45, 7) is 0. The minimum absolute atomic E-state index is 0. The van der Waals surface area contributed by atoms with Gasteiger partial charge in [-0.25, -0.2) is 4.79 Å². The summed E-state index contributed by atoms with van der Waals surface area (Å²) in [5.41, 5.74) is 6.61. The molecule has 0 aromatic heterocycles. The summed E-state index contributed by atoms with van der Waals surface area (Å²) >= 11 is 0. The number of methoxy groups -OCH3 is 2. The van der Waals surface area contributed by atoms with E-state index in [0.29, 0.717) is 11.1 Å². The van der Waals surface area contributed by atoms with E-state index in [2.05, 4.69) is 9.47 Å². The molecule has 0 aliphatic rings. The van der Waals surface area contributed by atoms with E-state index in [4.69, 9.17) is 5.73 Å². The molecule has 0 saturated carbocycles. The molecule has 0 radical (unpaired) electrons. The summed E-state index contributed by atoms with van der Waals surface area (Å²) in [4.78, 5) is 22.3. The van der Waals surface area contributed by atoms with Crippen LogP contribution >= 0.6 is 12.4 Å². The molecule has 2 N–H and O–H groups in total. The van der Waals surface area contributed by atoms with Gasteiger partial charge in [0.25, 0.3) is 0 Å². The van der Waals surface area contributed by atoms with Gasteiger partial charge in [-0.15, -0.1) is 12.4 Å². The lowest BCUT2D eigenvalue weighted by atomic mass is 10.1. The van der Waals surface area contributed by atoms with Crippen LogP contribution < -0.4 is 5.73 Å². The van der Waals surface area contributed by atoms with Crippen molar-refractivity contribution in [3.05, 3.63) is 35.4 Å². The number of ether oxygens (including phenoxy) is 2. The highest BCUT2D eigenvalue weighted by atomic mass is 35.5. The third kappa shape index (κ3) is 3.72. The van der Waals surface area contributed by atoms with Crippen LogP contribution in [-0.4, -0.2) is 26.2 Å². The SMILES string of the molecule is COC(=O)c1ccc([C@@H](N)C(=O)OC)cc1.Cl. The molecule has 5 nitrogen and oxygen atoms in total. The van der Waals surface area contributed by atoms with Gasteiger partial charge >= 0.3 is 11.9 Å². The van der Waals surface area contributed by atoms with Gasteiger partial charge in [-0.2, -0.15) is 0 Å². The molecule has 17 heavy (non-hydrogen) atoms. The third-order valence-corrected chi connectivity index (χ3v) is 2.15. The Hall–Kier alpha value is -1.59. The first-order chi connectivity index (χ1) is 7.60. The van der Waals surface area contributed by atoms with Crippen LogP contribution in [0.5, 0.6) is 0 Å². The van der Waals surface area contributed by atoms with E-state index >= 15 is 0 Å². The van der Waals surface area contributed by atoms with Crippen molar-refractivity contribution in [2.24, 2.45) is 5.73 Å². The molecule has 0 bridgehead atoms. The first kappa shape index (κ1) is 15.4. The van der Waals surface area contributed by atoms with Crippen LogP contribution in [0.1, 0.15) is 22.0 Å². The molecule has 0 heterocycles. The molecular weight excluding hydrogens is 246 g/mol. The number of esters is 2. The number of carbonyl (C=O) groups is 2. The maximum absolute atomic E-state index is 11.1. The lowest BCUT2D eigenvalue weighted by Crippen LogP contribution is -2.22. The second-order valence-electron chi connectivity index (χ2n) is 3.11. The predicted octanol–water partition coefficient (Wildman–Crippen LogP) is 1.07. The maximum atomic E-state index is 11.1. The number of hydrogen-bond donors (Lipinski definition) is 1. The van der Waals surface area contributed by atoms with Crippen molar-refractivity contribution < 1.29 is 19.1 Å². The Kier molecular flexibility index (Phi) is 6.23. The summed E-state index contributed by atoms with van der Waals surface area (Å²) in [6.07, 6.45) is 0. The fourth-order valence-electron chi connectivity index (χ4n) is 1.21. The van der Waals surface area contributed by atoms with Crippen LogP contribution in [0.25, 0.3) is 0 Å². The molecule has 1 aromatic rings. The summed E-state index contributed by atoms with van der Waals surface area (Å²) < 4.78 is 9.05. The zero-order valence-corrected chi connectivity index (χ0v) is 10.3. The van der Waals surface area contributed by atoms with Crippen molar-refractivity contribution in [2.75, 3.05) is 14.2 Å². The molecule has 0 unspecified atom stereocenters. The second-order valence-corrected chi connectivity index (χ2v) is 3.11. The molecular formula is C11H14ClNO4. The van der Waals surface area contributed by atoms with Crippen molar-refractivity contribution in [3.8, 4) is 0 Å². The molecule has 0 aliphatic heterocycles. The van der Waals surface area contributed by atoms with Crippen LogP contribution in [0, 0.1) is 0 Å². The zero-order chi connectivity index (χ0) is 12.1. The van der Waals surface area contributed by atoms with E-state index in [9.17, 15) is 9.59 Å². The fraction of sp³-hybridized carbons (Fsp3) is 0.273. The van der Waals surface area contributed by atoms with Gasteiger partial charge in [-0.3, -0.25) is 4.79 Å². The number of nitrogens with two attached hydrogens (primary N) is 1. The Balaban J connectivity index is 0.00000256. The summed E-state index contributed by atoms with van der Waals surface area (Å²) in [5.74, 6) is -0.955. The van der Waals surface area contributed by atoms with Gasteiger partial charge in [0.2, 0.25) is 0 Å². The quantitative estimate of drug-likeness (QED) is 0.822. The lowest BCUT2D eigenvalue weighted by molar-refractivity contribution is -0.142. The van der Waals surface area contributed by atoms with Crippen LogP contribution in [0.4, 0.5) is 0 Å². The Labute approximate surface area is 105 Å². The van der Waals surface area contributed by atoms with Crippen LogP contribution in [-0.2, 0) is 14.3 Å². The van der Waals surface area contributed by atoms with Crippen LogP contribution in [0.2, 0.25) is 0 Å². The molecule has 0 saturated heterocycles. The fourth-order valence-corrected chi connectivity index (χ4v) is 1.21. The number of hydrogen-bond acceptors (Lipinski definition) is 5. The van der Waals surface area contributed by atoms with Crippen LogP contribution in [0.15, 0.2) is 24.3 Å². The van der Waals surface area contributed by atoms with Crippen molar-refractivity contribution in [3.63, 3.8) is 0 Å². The van der Waals surface area contributed by atoms with E-state index < -0.39 is 18.0 Å². The molecule has 1 aromatic carbocycles. The highest BCUT2D eigenvalue weighted by Crippen LogP contribution is 2.13.